The van der Waals surface area contributed by atoms with Gasteiger partial charge in [-0.1, -0.05) is 18.2 Å². The molecular weight excluding hydrogens is 244 g/mol. The Balaban J connectivity index is 1.73. The Morgan fingerprint density at radius 2 is 1.55 bits per heavy atom. The molecule has 0 aromatic heterocycles. The van der Waals surface area contributed by atoms with E-state index in [4.69, 9.17) is 0 Å². The van der Waals surface area contributed by atoms with Crippen molar-refractivity contribution >= 4 is 5.78 Å². The van der Waals surface area contributed by atoms with Crippen LogP contribution in [0.15, 0.2) is 18.2 Å². The van der Waals surface area contributed by atoms with Gasteiger partial charge in [-0.2, -0.15) is 0 Å². The van der Waals surface area contributed by atoms with Crippen molar-refractivity contribution in [2.75, 3.05) is 0 Å². The summed E-state index contributed by atoms with van der Waals surface area (Å²) in [5.41, 5.74) is 3.47. The Kier molecular flexibility index (Phi) is 2.64. The van der Waals surface area contributed by atoms with Crippen molar-refractivity contribution in [3.05, 3.63) is 34.9 Å². The predicted molar refractivity (Wildman–Crippen MR) is 80.9 cm³/mol. The van der Waals surface area contributed by atoms with Crippen molar-refractivity contribution in [3.63, 3.8) is 0 Å². The van der Waals surface area contributed by atoms with Gasteiger partial charge in [0.15, 0.2) is 5.78 Å². The van der Waals surface area contributed by atoms with Gasteiger partial charge >= 0.3 is 0 Å². The van der Waals surface area contributed by atoms with Crippen molar-refractivity contribution in [1.82, 2.24) is 0 Å². The number of rotatable bonds is 2. The van der Waals surface area contributed by atoms with Gasteiger partial charge in [0.25, 0.3) is 0 Å². The van der Waals surface area contributed by atoms with E-state index in [0.717, 1.165) is 23.3 Å². The molecule has 0 spiro atoms. The van der Waals surface area contributed by atoms with Crippen LogP contribution < -0.4 is 0 Å². The average molecular weight is 268 g/mol. The molecule has 1 heteroatoms. The van der Waals surface area contributed by atoms with Crippen molar-refractivity contribution < 1.29 is 4.79 Å². The van der Waals surface area contributed by atoms with E-state index in [2.05, 4.69) is 32.0 Å². The smallest absolute Gasteiger partial charge is 0.169 e. The molecule has 4 aliphatic rings. The summed E-state index contributed by atoms with van der Waals surface area (Å²) in [5, 5.41) is 0. The fourth-order valence-electron chi connectivity index (χ4n) is 5.67. The number of aryl methyl sites for hydroxylation is 1. The number of benzene rings is 1. The van der Waals surface area contributed by atoms with Crippen LogP contribution in [-0.2, 0) is 0 Å². The molecule has 4 bridgehead atoms. The van der Waals surface area contributed by atoms with Crippen LogP contribution >= 0.6 is 0 Å². The minimum Gasteiger partial charge on any atom is -0.294 e. The second-order valence-electron chi connectivity index (χ2n) is 7.77. The van der Waals surface area contributed by atoms with Gasteiger partial charge in [-0.25, -0.2) is 0 Å². The lowest BCUT2D eigenvalue weighted by molar-refractivity contribution is -0.0353. The van der Waals surface area contributed by atoms with Crippen LogP contribution in [0.2, 0.25) is 0 Å². The third-order valence-corrected chi connectivity index (χ3v) is 6.37. The van der Waals surface area contributed by atoms with Gasteiger partial charge in [0, 0.05) is 11.0 Å². The van der Waals surface area contributed by atoms with Crippen molar-refractivity contribution in [2.24, 2.45) is 23.2 Å². The molecule has 1 nitrogen and oxygen atoms in total. The summed E-state index contributed by atoms with van der Waals surface area (Å²) in [5.74, 6) is 3.00. The maximum absolute atomic E-state index is 13.3. The molecule has 0 atom stereocenters. The maximum atomic E-state index is 13.3. The highest BCUT2D eigenvalue weighted by Crippen LogP contribution is 2.61. The molecular formula is C19H24O. The summed E-state index contributed by atoms with van der Waals surface area (Å²) < 4.78 is 0. The second kappa shape index (κ2) is 4.19. The lowest BCUT2D eigenvalue weighted by Gasteiger charge is -2.56. The van der Waals surface area contributed by atoms with Crippen LogP contribution in [-0.4, -0.2) is 5.78 Å². The van der Waals surface area contributed by atoms with Gasteiger partial charge in [-0.3, -0.25) is 4.79 Å². The summed E-state index contributed by atoms with van der Waals surface area (Å²) in [4.78, 5) is 13.3. The standard InChI is InChI=1S/C19H24O/c1-12-4-3-5-17(13(12)2)18(20)19-9-14-6-15(10-19)8-16(7-14)11-19/h3-5,14-16H,6-11H2,1-2H3. The molecule has 0 amide bonds. The quantitative estimate of drug-likeness (QED) is 0.710. The normalized spacial score (nSPS) is 38.2. The zero-order valence-electron chi connectivity index (χ0n) is 12.6. The first-order chi connectivity index (χ1) is 9.57. The predicted octanol–water partition coefficient (Wildman–Crippen LogP) is 4.70. The lowest BCUT2D eigenvalue weighted by atomic mass is 9.48. The van der Waals surface area contributed by atoms with Gasteiger partial charge in [-0.05, 0) is 81.3 Å². The topological polar surface area (TPSA) is 17.1 Å². The highest BCUT2D eigenvalue weighted by Gasteiger charge is 2.54. The summed E-state index contributed by atoms with van der Waals surface area (Å²) >= 11 is 0. The molecule has 0 aliphatic heterocycles. The fourth-order valence-corrected chi connectivity index (χ4v) is 5.67. The monoisotopic (exact) mass is 268 g/mol. The minimum absolute atomic E-state index is 0.00725. The summed E-state index contributed by atoms with van der Waals surface area (Å²) in [7, 11) is 0. The van der Waals surface area contributed by atoms with Crippen LogP contribution in [0.25, 0.3) is 0 Å². The van der Waals surface area contributed by atoms with E-state index in [-0.39, 0.29) is 5.41 Å². The minimum atomic E-state index is 0.00725. The van der Waals surface area contributed by atoms with Gasteiger partial charge in [0.2, 0.25) is 0 Å². The first-order valence-electron chi connectivity index (χ1n) is 8.18. The van der Waals surface area contributed by atoms with E-state index in [9.17, 15) is 4.79 Å². The van der Waals surface area contributed by atoms with E-state index in [1.54, 1.807) is 0 Å². The lowest BCUT2D eigenvalue weighted by Crippen LogP contribution is -2.50. The van der Waals surface area contributed by atoms with E-state index in [0.29, 0.717) is 5.78 Å². The maximum Gasteiger partial charge on any atom is 0.169 e. The molecule has 4 saturated carbocycles. The van der Waals surface area contributed by atoms with E-state index >= 15 is 0 Å². The summed E-state index contributed by atoms with van der Waals surface area (Å²) in [6, 6.07) is 6.23. The molecule has 0 unspecified atom stereocenters. The van der Waals surface area contributed by atoms with Gasteiger partial charge in [-0.15, -0.1) is 0 Å². The Bertz CT molecular complexity index is 534. The molecule has 20 heavy (non-hydrogen) atoms. The molecule has 0 saturated heterocycles. The highest BCUT2D eigenvalue weighted by molar-refractivity contribution is 6.02. The molecule has 0 radical (unpaired) electrons. The van der Waals surface area contributed by atoms with Crippen LogP contribution in [0.3, 0.4) is 0 Å². The van der Waals surface area contributed by atoms with Gasteiger partial charge < -0.3 is 0 Å². The van der Waals surface area contributed by atoms with Crippen molar-refractivity contribution in [3.8, 4) is 0 Å². The molecule has 1 aromatic carbocycles. The zero-order chi connectivity index (χ0) is 13.9. The van der Waals surface area contributed by atoms with E-state index in [1.807, 2.05) is 0 Å². The molecule has 0 heterocycles. The third-order valence-electron chi connectivity index (χ3n) is 6.37. The van der Waals surface area contributed by atoms with E-state index in [1.165, 1.54) is 49.7 Å². The van der Waals surface area contributed by atoms with E-state index < -0.39 is 0 Å². The molecule has 4 aliphatic carbocycles. The average Bonchev–Trinajstić information content (AvgIpc) is 2.39. The molecule has 106 valence electrons. The van der Waals surface area contributed by atoms with Crippen molar-refractivity contribution in [2.45, 2.75) is 52.4 Å². The largest absolute Gasteiger partial charge is 0.294 e. The van der Waals surface area contributed by atoms with Crippen molar-refractivity contribution in [1.29, 1.82) is 0 Å². The molecule has 4 fully saturated rings. The molecule has 5 rings (SSSR count). The zero-order valence-corrected chi connectivity index (χ0v) is 12.6. The van der Waals surface area contributed by atoms with Crippen LogP contribution in [0, 0.1) is 37.0 Å². The number of carbonyl (C=O) groups excluding carboxylic acids is 1. The Morgan fingerprint density at radius 3 is 2.10 bits per heavy atom. The van der Waals surface area contributed by atoms with Gasteiger partial charge in [0.1, 0.15) is 0 Å². The van der Waals surface area contributed by atoms with Gasteiger partial charge in [0.05, 0.1) is 0 Å². The number of Topliss-reactive ketones (excluding diaryl/α,β-unsaturated/α-hetero) is 1. The van der Waals surface area contributed by atoms with Crippen LogP contribution in [0.5, 0.6) is 0 Å². The third kappa shape index (κ3) is 1.71. The number of ketones is 1. The Morgan fingerprint density at radius 1 is 1.00 bits per heavy atom. The summed E-state index contributed by atoms with van der Waals surface area (Å²) in [6.07, 6.45) is 7.72. The first kappa shape index (κ1) is 12.6. The highest BCUT2D eigenvalue weighted by atomic mass is 16.1. The Hall–Kier alpha value is -1.11. The van der Waals surface area contributed by atoms with Crippen LogP contribution in [0.1, 0.15) is 60.0 Å². The molecule has 1 aromatic rings. The second-order valence-corrected chi connectivity index (χ2v) is 7.77. The SMILES string of the molecule is Cc1cccc(C(=O)C23CC4CC(CC(C4)C2)C3)c1C. The Labute approximate surface area is 121 Å². The first-order valence-corrected chi connectivity index (χ1v) is 8.18. The van der Waals surface area contributed by atoms with Crippen LogP contribution in [0.4, 0.5) is 0 Å². The number of hydrogen-bond donors (Lipinski definition) is 0. The molecule has 0 N–H and O–H groups in total. The fraction of sp³-hybridized carbons (Fsp3) is 0.632. The number of carbonyl (C=O) groups is 1. The summed E-state index contributed by atoms with van der Waals surface area (Å²) in [6.45, 7) is 4.23. The number of hydrogen-bond acceptors (Lipinski definition) is 1.